The molecular weight excluding hydrogens is 559 g/mol. The molecule has 0 amide bonds. The molecule has 1 aliphatic heterocycles. The van der Waals surface area contributed by atoms with E-state index >= 15 is 4.39 Å². The van der Waals surface area contributed by atoms with E-state index in [-0.39, 0.29) is 22.5 Å². The number of rotatable bonds is 6. The van der Waals surface area contributed by atoms with Gasteiger partial charge in [-0.25, -0.2) is 9.37 Å². The van der Waals surface area contributed by atoms with Crippen LogP contribution in [-0.2, 0) is 13.7 Å². The molecule has 1 unspecified atom stereocenters. The summed E-state index contributed by atoms with van der Waals surface area (Å²) in [4.78, 5) is 33.7. The van der Waals surface area contributed by atoms with Crippen molar-refractivity contribution in [2.75, 3.05) is 18.9 Å². The number of nitrogens with one attached hydrogen (secondary N) is 1. The molecule has 5 heterocycles. The normalized spacial score (nSPS) is 15.4. The molecule has 10 heteroatoms. The van der Waals surface area contributed by atoms with E-state index in [0.29, 0.717) is 34.1 Å². The van der Waals surface area contributed by atoms with Crippen molar-refractivity contribution in [3.63, 3.8) is 0 Å². The molecule has 1 atom stereocenters. The SMILES string of the molecule is CN1CCCC1c1ccc(Nc2cc(-c3cc(F)cc(-n4ccn5c(cc6ccccc65)c4=O)c3CO)cn(C)c2=O)nc1. The highest BCUT2D eigenvalue weighted by Gasteiger charge is 2.23. The molecule has 7 rings (SSSR count). The van der Waals surface area contributed by atoms with E-state index < -0.39 is 12.4 Å². The van der Waals surface area contributed by atoms with Crippen LogP contribution in [0.1, 0.15) is 30.0 Å². The van der Waals surface area contributed by atoms with Crippen LogP contribution in [0.25, 0.3) is 33.2 Å². The number of pyridine rings is 2. The lowest BCUT2D eigenvalue weighted by Crippen LogP contribution is -2.22. The number of hydrogen-bond donors (Lipinski definition) is 2. The fourth-order valence-electron chi connectivity index (χ4n) is 6.37. The highest BCUT2D eigenvalue weighted by Crippen LogP contribution is 2.32. The van der Waals surface area contributed by atoms with Crippen molar-refractivity contribution >= 4 is 27.9 Å². The van der Waals surface area contributed by atoms with Crippen LogP contribution in [0.15, 0.2) is 95.0 Å². The Balaban J connectivity index is 1.30. The topological polar surface area (TPSA) is 96.8 Å². The van der Waals surface area contributed by atoms with Crippen LogP contribution in [0.3, 0.4) is 0 Å². The minimum absolute atomic E-state index is 0.220. The maximum Gasteiger partial charge on any atom is 0.279 e. The molecule has 222 valence electrons. The molecule has 2 N–H and O–H groups in total. The average molecular weight is 591 g/mol. The van der Waals surface area contributed by atoms with Gasteiger partial charge >= 0.3 is 0 Å². The zero-order valence-corrected chi connectivity index (χ0v) is 24.4. The minimum atomic E-state index is -0.586. The van der Waals surface area contributed by atoms with E-state index in [9.17, 15) is 14.7 Å². The van der Waals surface area contributed by atoms with Gasteiger partial charge in [0.15, 0.2) is 0 Å². The molecule has 44 heavy (non-hydrogen) atoms. The van der Waals surface area contributed by atoms with Gasteiger partial charge in [-0.2, -0.15) is 0 Å². The Morgan fingerprint density at radius 1 is 1.00 bits per heavy atom. The van der Waals surface area contributed by atoms with Crippen molar-refractivity contribution in [1.82, 2.24) is 23.4 Å². The summed E-state index contributed by atoms with van der Waals surface area (Å²) in [6.07, 6.45) is 8.97. The molecule has 0 spiro atoms. The van der Waals surface area contributed by atoms with E-state index in [2.05, 4.69) is 22.2 Å². The monoisotopic (exact) mass is 590 g/mol. The summed E-state index contributed by atoms with van der Waals surface area (Å²) in [5, 5.41) is 14.6. The quantitative estimate of drug-likeness (QED) is 0.279. The molecule has 6 aromatic rings. The summed E-state index contributed by atoms with van der Waals surface area (Å²) >= 11 is 0. The predicted molar refractivity (Wildman–Crippen MR) is 169 cm³/mol. The van der Waals surface area contributed by atoms with Gasteiger partial charge in [-0.3, -0.25) is 19.1 Å². The van der Waals surface area contributed by atoms with Gasteiger partial charge in [0, 0.05) is 54.4 Å². The molecule has 1 saturated heterocycles. The Hall–Kier alpha value is -5.06. The molecule has 0 radical (unpaired) electrons. The molecule has 1 aliphatic rings. The van der Waals surface area contributed by atoms with Gasteiger partial charge in [-0.05, 0) is 74.0 Å². The number of benzene rings is 2. The number of aromatic nitrogens is 4. The van der Waals surface area contributed by atoms with Crippen molar-refractivity contribution in [2.45, 2.75) is 25.5 Å². The summed E-state index contributed by atoms with van der Waals surface area (Å²) in [5.74, 6) is -0.0811. The van der Waals surface area contributed by atoms with Gasteiger partial charge in [0.25, 0.3) is 11.1 Å². The van der Waals surface area contributed by atoms with E-state index in [1.807, 2.05) is 42.6 Å². The third kappa shape index (κ3) is 4.68. The van der Waals surface area contributed by atoms with Crippen LogP contribution in [0.2, 0.25) is 0 Å². The molecule has 0 aliphatic carbocycles. The van der Waals surface area contributed by atoms with Crippen LogP contribution in [0.4, 0.5) is 15.9 Å². The van der Waals surface area contributed by atoms with Gasteiger partial charge in [-0.1, -0.05) is 24.3 Å². The fraction of sp³-hybridized carbons (Fsp3) is 0.206. The zero-order chi connectivity index (χ0) is 30.5. The third-order valence-electron chi connectivity index (χ3n) is 8.61. The number of fused-ring (bicyclic) bond motifs is 3. The second kappa shape index (κ2) is 10.9. The van der Waals surface area contributed by atoms with Crippen molar-refractivity contribution in [3.8, 4) is 16.8 Å². The van der Waals surface area contributed by atoms with Gasteiger partial charge in [0.2, 0.25) is 0 Å². The Labute approximate surface area is 252 Å². The molecule has 4 aromatic heterocycles. The van der Waals surface area contributed by atoms with Gasteiger partial charge in [0.1, 0.15) is 22.8 Å². The van der Waals surface area contributed by atoms with E-state index in [1.165, 1.54) is 21.3 Å². The Kier molecular flexibility index (Phi) is 6.87. The number of aryl methyl sites for hydroxylation is 1. The third-order valence-corrected chi connectivity index (χ3v) is 8.61. The van der Waals surface area contributed by atoms with Crippen molar-refractivity contribution in [2.24, 2.45) is 7.05 Å². The van der Waals surface area contributed by atoms with Crippen molar-refractivity contribution in [1.29, 1.82) is 0 Å². The summed E-state index contributed by atoms with van der Waals surface area (Å²) in [6.45, 7) is 0.591. The number of aliphatic hydroxyl groups excluding tert-OH is 1. The first-order valence-electron chi connectivity index (χ1n) is 14.5. The lowest BCUT2D eigenvalue weighted by atomic mass is 9.98. The lowest BCUT2D eigenvalue weighted by molar-refractivity contribution is 0.282. The molecule has 2 aromatic carbocycles. The smallest absolute Gasteiger partial charge is 0.279 e. The highest BCUT2D eigenvalue weighted by molar-refractivity contribution is 5.87. The number of aliphatic hydroxyl groups is 1. The first kappa shape index (κ1) is 27.8. The van der Waals surface area contributed by atoms with Crippen LogP contribution < -0.4 is 16.4 Å². The first-order chi connectivity index (χ1) is 21.3. The number of para-hydroxylation sites is 1. The predicted octanol–water partition coefficient (Wildman–Crippen LogP) is 5.15. The van der Waals surface area contributed by atoms with Crippen molar-refractivity contribution in [3.05, 3.63) is 123 Å². The number of likely N-dealkylation sites (tertiary alicyclic amines) is 1. The summed E-state index contributed by atoms with van der Waals surface area (Å²) in [5.41, 5.74) is 3.46. The number of hydrogen-bond acceptors (Lipinski definition) is 6. The van der Waals surface area contributed by atoms with Crippen LogP contribution in [-0.4, -0.2) is 42.1 Å². The van der Waals surface area contributed by atoms with Crippen molar-refractivity contribution < 1.29 is 9.50 Å². The molecule has 9 nitrogen and oxygen atoms in total. The van der Waals surface area contributed by atoms with Gasteiger partial charge in [-0.15, -0.1) is 0 Å². The van der Waals surface area contributed by atoms with Gasteiger partial charge < -0.3 is 19.4 Å². The Morgan fingerprint density at radius 2 is 1.84 bits per heavy atom. The number of halogens is 1. The van der Waals surface area contributed by atoms with Crippen LogP contribution >= 0.6 is 0 Å². The van der Waals surface area contributed by atoms with E-state index in [1.54, 1.807) is 42.2 Å². The molecule has 0 bridgehead atoms. The fourth-order valence-corrected chi connectivity index (χ4v) is 6.37. The highest BCUT2D eigenvalue weighted by atomic mass is 19.1. The molecular formula is C34H31FN6O3. The minimum Gasteiger partial charge on any atom is -0.392 e. The zero-order valence-electron chi connectivity index (χ0n) is 24.4. The van der Waals surface area contributed by atoms with Crippen LogP contribution in [0.5, 0.6) is 0 Å². The van der Waals surface area contributed by atoms with Crippen LogP contribution in [0, 0.1) is 5.82 Å². The first-order valence-corrected chi connectivity index (χ1v) is 14.5. The largest absolute Gasteiger partial charge is 0.392 e. The second-order valence-electron chi connectivity index (χ2n) is 11.3. The maximum atomic E-state index is 15.2. The average Bonchev–Trinajstić information content (AvgIpc) is 3.63. The Bertz CT molecular complexity index is 2170. The molecule has 1 fully saturated rings. The standard InChI is InChI=1S/C34H31FN6O3/c1-38-11-5-8-28(38)22-9-10-32(36-18-22)37-27-14-23(19-39(2)33(27)43)25-16-24(35)17-30(26(25)20-42)41-13-12-40-29-7-4-3-6-21(29)15-31(40)34(41)44/h3-4,6-7,9-10,12-19,28,42H,5,8,11,20H2,1-2H3,(H,36,37). The van der Waals surface area contributed by atoms with E-state index in [4.69, 9.17) is 0 Å². The van der Waals surface area contributed by atoms with Gasteiger partial charge in [0.05, 0.1) is 17.8 Å². The Morgan fingerprint density at radius 3 is 2.59 bits per heavy atom. The lowest BCUT2D eigenvalue weighted by Gasteiger charge is -2.19. The second-order valence-corrected chi connectivity index (χ2v) is 11.3. The van der Waals surface area contributed by atoms with E-state index in [0.717, 1.165) is 35.9 Å². The number of anilines is 2. The summed E-state index contributed by atoms with van der Waals surface area (Å²) < 4.78 is 19.8. The number of nitrogens with zero attached hydrogens (tertiary/aromatic N) is 5. The molecule has 0 saturated carbocycles. The summed E-state index contributed by atoms with van der Waals surface area (Å²) in [6, 6.07) is 17.8. The maximum absolute atomic E-state index is 15.2. The summed E-state index contributed by atoms with van der Waals surface area (Å²) in [7, 11) is 3.71.